The molecule has 0 amide bonds. The second kappa shape index (κ2) is 9.43. The average Bonchev–Trinajstić information content (AvgIpc) is 3.45. The van der Waals surface area contributed by atoms with Crippen LogP contribution in [0.4, 0.5) is 0 Å². The van der Waals surface area contributed by atoms with Crippen LogP contribution in [0.2, 0.25) is 5.02 Å². The van der Waals surface area contributed by atoms with E-state index in [-0.39, 0.29) is 5.56 Å². The number of fused-ring (bicyclic) bond motifs is 5. The summed E-state index contributed by atoms with van der Waals surface area (Å²) in [5.74, 6) is 1.47. The summed E-state index contributed by atoms with van der Waals surface area (Å²) >= 11 is 9.54. The van der Waals surface area contributed by atoms with Crippen LogP contribution in [-0.2, 0) is 19.4 Å². The summed E-state index contributed by atoms with van der Waals surface area (Å²) in [6.45, 7) is 1.80. The van der Waals surface area contributed by atoms with E-state index in [1.807, 2.05) is 18.2 Å². The quantitative estimate of drug-likeness (QED) is 0.219. The molecule has 0 bridgehead atoms. The number of aromatic nitrogens is 4. The van der Waals surface area contributed by atoms with Gasteiger partial charge in [-0.25, -0.2) is 8.97 Å². The summed E-state index contributed by atoms with van der Waals surface area (Å²) in [6.07, 6.45) is 2.93. The van der Waals surface area contributed by atoms with Crippen LogP contribution in [0, 0.1) is 0 Å². The number of halogens is 1. The fourth-order valence-corrected chi connectivity index (χ4v) is 7.16. The molecule has 0 saturated carbocycles. The van der Waals surface area contributed by atoms with Crippen molar-refractivity contribution in [2.75, 3.05) is 19.3 Å². The predicted molar refractivity (Wildman–Crippen MR) is 145 cm³/mol. The second-order valence-corrected chi connectivity index (χ2v) is 11.4. The molecule has 9 heteroatoms. The molecule has 35 heavy (non-hydrogen) atoms. The van der Waals surface area contributed by atoms with Gasteiger partial charge in [-0.3, -0.25) is 4.79 Å². The van der Waals surface area contributed by atoms with Crippen LogP contribution in [-0.4, -0.2) is 43.4 Å². The molecule has 0 radical (unpaired) electrons. The Bertz CT molecular complexity index is 1570. The standard InChI is InChI=1S/C26H24ClN5OS2/c1-30-14-13-20-21(16-30)35-24-22(20)23(33)31(19-11-9-18(27)10-12-19)25-28-29-26(32(24)25)34-15-5-8-17-6-3-2-4-7-17/h2-4,6-7,9-12H,5,8,13-16H2,1H3. The molecule has 0 aliphatic carbocycles. The molecule has 0 atom stereocenters. The number of likely N-dealkylation sites (N-methyl/N-ethyl adjacent to an activating group) is 1. The molecule has 1 aliphatic rings. The molecule has 0 spiro atoms. The predicted octanol–water partition coefficient (Wildman–Crippen LogP) is 5.46. The summed E-state index contributed by atoms with van der Waals surface area (Å²) in [5.41, 5.74) is 3.22. The summed E-state index contributed by atoms with van der Waals surface area (Å²) in [5, 5.41) is 11.3. The minimum Gasteiger partial charge on any atom is -0.301 e. The van der Waals surface area contributed by atoms with Gasteiger partial charge in [0.1, 0.15) is 4.83 Å². The largest absolute Gasteiger partial charge is 0.301 e. The molecule has 5 aromatic rings. The molecule has 0 unspecified atom stereocenters. The van der Waals surface area contributed by atoms with Crippen LogP contribution in [0.25, 0.3) is 21.7 Å². The molecule has 2 aromatic carbocycles. The number of nitrogens with zero attached hydrogens (tertiary/aromatic N) is 5. The van der Waals surface area contributed by atoms with Gasteiger partial charge < -0.3 is 4.90 Å². The maximum Gasteiger partial charge on any atom is 0.268 e. The SMILES string of the molecule is CN1CCc2c(sc3c2c(=O)n(-c2ccc(Cl)cc2)c2nnc(SCCCc4ccccc4)n32)C1. The van der Waals surface area contributed by atoms with Gasteiger partial charge in [0.2, 0.25) is 5.78 Å². The molecule has 6 nitrogen and oxygen atoms in total. The van der Waals surface area contributed by atoms with Crippen molar-refractivity contribution in [3.05, 3.63) is 86.0 Å². The number of rotatable bonds is 6. The first-order valence-electron chi connectivity index (χ1n) is 11.7. The Morgan fingerprint density at radius 2 is 1.89 bits per heavy atom. The van der Waals surface area contributed by atoms with Gasteiger partial charge in [-0.1, -0.05) is 53.7 Å². The Morgan fingerprint density at radius 3 is 2.69 bits per heavy atom. The Labute approximate surface area is 216 Å². The summed E-state index contributed by atoms with van der Waals surface area (Å²) < 4.78 is 3.77. The molecule has 178 valence electrons. The van der Waals surface area contributed by atoms with E-state index >= 15 is 0 Å². The minimum absolute atomic E-state index is 0.0371. The van der Waals surface area contributed by atoms with Crippen LogP contribution >= 0.6 is 34.7 Å². The van der Waals surface area contributed by atoms with Crippen LogP contribution in [0.3, 0.4) is 0 Å². The number of benzene rings is 2. The molecule has 3 aromatic heterocycles. The minimum atomic E-state index is -0.0371. The lowest BCUT2D eigenvalue weighted by Gasteiger charge is -2.21. The van der Waals surface area contributed by atoms with Gasteiger partial charge in [0, 0.05) is 28.7 Å². The lowest BCUT2D eigenvalue weighted by molar-refractivity contribution is 0.318. The van der Waals surface area contributed by atoms with Crippen LogP contribution in [0.15, 0.2) is 64.5 Å². The van der Waals surface area contributed by atoms with E-state index in [1.165, 1.54) is 16.0 Å². The number of thioether (sulfide) groups is 1. The monoisotopic (exact) mass is 521 g/mol. The topological polar surface area (TPSA) is 55.4 Å². The van der Waals surface area contributed by atoms with Crippen molar-refractivity contribution in [3.8, 4) is 5.69 Å². The smallest absolute Gasteiger partial charge is 0.268 e. The van der Waals surface area contributed by atoms with Crippen molar-refractivity contribution >= 4 is 50.7 Å². The first-order chi connectivity index (χ1) is 17.1. The zero-order valence-corrected chi connectivity index (χ0v) is 21.7. The highest BCUT2D eigenvalue weighted by Crippen LogP contribution is 2.35. The normalized spacial score (nSPS) is 14.1. The zero-order chi connectivity index (χ0) is 23.9. The third-order valence-corrected chi connectivity index (χ3v) is 8.90. The summed E-state index contributed by atoms with van der Waals surface area (Å²) in [7, 11) is 2.13. The van der Waals surface area contributed by atoms with Crippen molar-refractivity contribution in [2.24, 2.45) is 0 Å². The molecular formula is C26H24ClN5OS2. The van der Waals surface area contributed by atoms with Crippen molar-refractivity contribution in [3.63, 3.8) is 0 Å². The first kappa shape index (κ1) is 22.8. The molecule has 0 saturated heterocycles. The Hall–Kier alpha value is -2.65. The van der Waals surface area contributed by atoms with E-state index in [0.29, 0.717) is 10.8 Å². The molecule has 4 heterocycles. The van der Waals surface area contributed by atoms with Crippen LogP contribution in [0.1, 0.15) is 22.4 Å². The van der Waals surface area contributed by atoms with Gasteiger partial charge in [-0.05, 0) is 61.7 Å². The van der Waals surface area contributed by atoms with Gasteiger partial charge in [-0.2, -0.15) is 0 Å². The van der Waals surface area contributed by atoms with Crippen molar-refractivity contribution in [1.82, 2.24) is 24.1 Å². The number of aryl methyl sites for hydroxylation is 1. The Balaban J connectivity index is 1.46. The van der Waals surface area contributed by atoms with E-state index in [4.69, 9.17) is 11.6 Å². The fraction of sp³-hybridized carbons (Fsp3) is 0.269. The highest BCUT2D eigenvalue weighted by Gasteiger charge is 2.26. The van der Waals surface area contributed by atoms with Crippen LogP contribution in [0.5, 0.6) is 0 Å². The van der Waals surface area contributed by atoms with E-state index in [0.717, 1.165) is 59.2 Å². The van der Waals surface area contributed by atoms with Gasteiger partial charge in [0.05, 0.1) is 11.1 Å². The number of thiophene rings is 1. The van der Waals surface area contributed by atoms with E-state index in [1.54, 1.807) is 39.8 Å². The van der Waals surface area contributed by atoms with Gasteiger partial charge in [0.15, 0.2) is 5.16 Å². The maximum absolute atomic E-state index is 13.9. The Kier molecular flexibility index (Phi) is 6.14. The third-order valence-electron chi connectivity index (χ3n) is 6.43. The maximum atomic E-state index is 13.9. The molecule has 0 fully saturated rings. The van der Waals surface area contributed by atoms with E-state index < -0.39 is 0 Å². The highest BCUT2D eigenvalue weighted by molar-refractivity contribution is 7.99. The molecular weight excluding hydrogens is 498 g/mol. The zero-order valence-electron chi connectivity index (χ0n) is 19.3. The Morgan fingerprint density at radius 1 is 1.09 bits per heavy atom. The van der Waals surface area contributed by atoms with Crippen LogP contribution < -0.4 is 5.56 Å². The average molecular weight is 522 g/mol. The molecule has 6 rings (SSSR count). The van der Waals surface area contributed by atoms with Crippen molar-refractivity contribution in [2.45, 2.75) is 31.0 Å². The third kappa shape index (κ3) is 4.18. The van der Waals surface area contributed by atoms with E-state index in [9.17, 15) is 4.79 Å². The molecule has 1 aliphatic heterocycles. The fourth-order valence-electron chi connectivity index (χ4n) is 4.68. The van der Waals surface area contributed by atoms with Gasteiger partial charge in [-0.15, -0.1) is 21.5 Å². The van der Waals surface area contributed by atoms with Gasteiger partial charge in [0.25, 0.3) is 5.56 Å². The highest BCUT2D eigenvalue weighted by atomic mass is 35.5. The second-order valence-electron chi connectivity index (χ2n) is 8.84. The van der Waals surface area contributed by atoms with Gasteiger partial charge >= 0.3 is 0 Å². The summed E-state index contributed by atoms with van der Waals surface area (Å²) in [4.78, 5) is 18.4. The number of hydrogen-bond donors (Lipinski definition) is 0. The van der Waals surface area contributed by atoms with Crippen molar-refractivity contribution in [1.29, 1.82) is 0 Å². The lowest BCUT2D eigenvalue weighted by Crippen LogP contribution is -2.27. The lowest BCUT2D eigenvalue weighted by atomic mass is 10.1. The molecule has 0 N–H and O–H groups in total. The number of hydrogen-bond acceptors (Lipinski definition) is 6. The van der Waals surface area contributed by atoms with E-state index in [2.05, 4.69) is 50.8 Å². The van der Waals surface area contributed by atoms with Crippen molar-refractivity contribution < 1.29 is 0 Å². The summed E-state index contributed by atoms with van der Waals surface area (Å²) in [6, 6.07) is 17.9. The first-order valence-corrected chi connectivity index (χ1v) is 13.8.